The summed E-state index contributed by atoms with van der Waals surface area (Å²) >= 11 is 0. The lowest BCUT2D eigenvalue weighted by molar-refractivity contribution is -0.354. The van der Waals surface area contributed by atoms with E-state index in [4.69, 9.17) is 0 Å². The number of ether oxygens (including phenoxy) is 3. The van der Waals surface area contributed by atoms with Gasteiger partial charge in [-0.05, 0) is 24.3 Å². The summed E-state index contributed by atoms with van der Waals surface area (Å²) in [5, 5.41) is 0. The van der Waals surface area contributed by atoms with Gasteiger partial charge in [0.05, 0.1) is 12.2 Å². The Morgan fingerprint density at radius 1 is 0.939 bits per heavy atom. The van der Waals surface area contributed by atoms with E-state index in [1.807, 2.05) is 0 Å². The number of esters is 2. The van der Waals surface area contributed by atoms with Crippen LogP contribution in [0.15, 0.2) is 36.9 Å². The second-order valence-corrected chi connectivity index (χ2v) is 6.34. The molecule has 0 aliphatic heterocycles. The zero-order valence-electron chi connectivity index (χ0n) is 16.3. The van der Waals surface area contributed by atoms with Gasteiger partial charge in [0, 0.05) is 19.4 Å². The molecule has 0 saturated heterocycles. The fourth-order valence-corrected chi connectivity index (χ4v) is 2.00. The predicted octanol–water partition coefficient (Wildman–Crippen LogP) is 5.30. The smallest absolute Gasteiger partial charge is 0.421 e. The van der Waals surface area contributed by atoms with Crippen LogP contribution in [0.4, 0.5) is 43.9 Å². The van der Waals surface area contributed by atoms with Gasteiger partial charge in [0.25, 0.3) is 0 Å². The third kappa shape index (κ3) is 6.82. The molecule has 0 saturated carbocycles. The van der Waals surface area contributed by atoms with Crippen LogP contribution in [0, 0.1) is 0 Å². The van der Waals surface area contributed by atoms with Gasteiger partial charge < -0.3 is 14.2 Å². The highest BCUT2D eigenvalue weighted by molar-refractivity contribution is 5.88. The van der Waals surface area contributed by atoms with E-state index in [1.54, 1.807) is 0 Å². The van der Waals surface area contributed by atoms with Crippen molar-refractivity contribution in [1.29, 1.82) is 0 Å². The first-order valence-corrected chi connectivity index (χ1v) is 8.48. The molecule has 5 nitrogen and oxygen atoms in total. The number of alkyl halides is 10. The van der Waals surface area contributed by atoms with Gasteiger partial charge in [-0.3, -0.25) is 0 Å². The number of hydrogen-bond donors (Lipinski definition) is 0. The largest absolute Gasteiger partial charge is 0.468 e. The summed E-state index contributed by atoms with van der Waals surface area (Å²) in [7, 11) is 0. The van der Waals surface area contributed by atoms with Crippen LogP contribution in [-0.2, 0) is 25.2 Å². The lowest BCUT2D eigenvalue weighted by Crippen LogP contribution is -2.59. The molecule has 0 amide bonds. The van der Waals surface area contributed by atoms with E-state index in [2.05, 4.69) is 20.8 Å². The fourth-order valence-electron chi connectivity index (χ4n) is 2.00. The molecular formula is C18H14F10O5. The SMILES string of the molecule is C=CC(=O)OC(OCCC(F)(F)C(C)(F)F)(C(=O)Oc1ccc(C(F)(F)F)cc1)C(F)(F)F. The maximum atomic E-state index is 13.7. The maximum absolute atomic E-state index is 13.7. The van der Waals surface area contributed by atoms with E-state index in [1.165, 1.54) is 0 Å². The highest BCUT2D eigenvalue weighted by Crippen LogP contribution is 2.40. The standard InChI is InChI=1S/C18H14F10O5/c1-3-12(29)33-16(18(26,27)28,31-9-8-15(21,22)14(2,19)20)13(30)32-11-6-4-10(5-7-11)17(23,24)25/h3-7H,1,8-9H2,2H3. The van der Waals surface area contributed by atoms with Crippen LogP contribution in [0.2, 0.25) is 0 Å². The van der Waals surface area contributed by atoms with Crippen LogP contribution in [-0.4, -0.2) is 42.4 Å². The Labute approximate surface area is 178 Å². The third-order valence-electron chi connectivity index (χ3n) is 3.81. The van der Waals surface area contributed by atoms with Crippen molar-refractivity contribution in [3.63, 3.8) is 0 Å². The predicted molar refractivity (Wildman–Crippen MR) is 88.3 cm³/mol. The van der Waals surface area contributed by atoms with E-state index in [0.29, 0.717) is 24.3 Å². The summed E-state index contributed by atoms with van der Waals surface area (Å²) in [6, 6.07) is 1.53. The molecule has 1 unspecified atom stereocenters. The normalized spacial score (nSPS) is 14.9. The van der Waals surface area contributed by atoms with Gasteiger partial charge in [0.15, 0.2) is 0 Å². The molecule has 0 aromatic heterocycles. The molecule has 0 bridgehead atoms. The van der Waals surface area contributed by atoms with Gasteiger partial charge in [-0.25, -0.2) is 18.4 Å². The van der Waals surface area contributed by atoms with Crippen molar-refractivity contribution >= 4 is 11.9 Å². The number of carbonyl (C=O) groups is 2. The Bertz CT molecular complexity index is 855. The van der Waals surface area contributed by atoms with Gasteiger partial charge in [-0.1, -0.05) is 6.58 Å². The Morgan fingerprint density at radius 3 is 1.85 bits per heavy atom. The molecule has 0 N–H and O–H groups in total. The van der Waals surface area contributed by atoms with E-state index in [0.717, 1.165) is 0 Å². The highest BCUT2D eigenvalue weighted by atomic mass is 19.4. The molecule has 1 aromatic rings. The zero-order valence-corrected chi connectivity index (χ0v) is 16.3. The Balaban J connectivity index is 3.28. The number of rotatable bonds is 9. The fraction of sp³-hybridized carbons (Fsp3) is 0.444. The molecule has 0 radical (unpaired) electrons. The average Bonchev–Trinajstić information content (AvgIpc) is 2.64. The second-order valence-electron chi connectivity index (χ2n) is 6.34. The quantitative estimate of drug-likeness (QED) is 0.152. The van der Waals surface area contributed by atoms with Crippen LogP contribution < -0.4 is 4.74 Å². The van der Waals surface area contributed by atoms with Gasteiger partial charge in [0.2, 0.25) is 0 Å². The lowest BCUT2D eigenvalue weighted by Gasteiger charge is -2.32. The first-order chi connectivity index (χ1) is 14.8. The molecule has 0 heterocycles. The van der Waals surface area contributed by atoms with E-state index in [-0.39, 0.29) is 13.0 Å². The highest BCUT2D eigenvalue weighted by Gasteiger charge is 2.68. The minimum Gasteiger partial charge on any atom is -0.421 e. The minimum absolute atomic E-state index is 0.129. The number of carbonyl (C=O) groups excluding carboxylic acids is 2. The summed E-state index contributed by atoms with van der Waals surface area (Å²) in [4.78, 5) is 23.6. The van der Waals surface area contributed by atoms with Crippen molar-refractivity contribution in [3.05, 3.63) is 42.5 Å². The average molecular weight is 500 g/mol. The molecule has 0 aliphatic rings. The summed E-state index contributed by atoms with van der Waals surface area (Å²) < 4.78 is 143. The minimum atomic E-state index is -6.02. The number of benzene rings is 1. The monoisotopic (exact) mass is 500 g/mol. The molecule has 186 valence electrons. The van der Waals surface area contributed by atoms with Crippen LogP contribution in [0.25, 0.3) is 0 Å². The molecule has 33 heavy (non-hydrogen) atoms. The van der Waals surface area contributed by atoms with Crippen LogP contribution in [0.3, 0.4) is 0 Å². The van der Waals surface area contributed by atoms with Crippen molar-refractivity contribution in [3.8, 4) is 5.75 Å². The van der Waals surface area contributed by atoms with Crippen molar-refractivity contribution < 1.29 is 67.7 Å². The molecule has 0 fully saturated rings. The lowest BCUT2D eigenvalue weighted by atomic mass is 10.1. The van der Waals surface area contributed by atoms with Gasteiger partial charge >= 0.3 is 41.9 Å². The molecule has 15 heteroatoms. The third-order valence-corrected chi connectivity index (χ3v) is 3.81. The molecule has 1 aromatic carbocycles. The maximum Gasteiger partial charge on any atom is 0.468 e. The van der Waals surface area contributed by atoms with Gasteiger partial charge in [-0.2, -0.15) is 35.1 Å². The van der Waals surface area contributed by atoms with Crippen LogP contribution in [0.1, 0.15) is 18.9 Å². The second kappa shape index (κ2) is 9.57. The van der Waals surface area contributed by atoms with Crippen LogP contribution >= 0.6 is 0 Å². The summed E-state index contributed by atoms with van der Waals surface area (Å²) in [6.07, 6.45) is -12.8. The van der Waals surface area contributed by atoms with Gasteiger partial charge in [-0.15, -0.1) is 0 Å². The van der Waals surface area contributed by atoms with Crippen molar-refractivity contribution in [2.24, 2.45) is 0 Å². The summed E-state index contributed by atoms with van der Waals surface area (Å²) in [6.45, 7) is 0.671. The summed E-state index contributed by atoms with van der Waals surface area (Å²) in [5.41, 5.74) is -1.26. The molecule has 0 spiro atoms. The van der Waals surface area contributed by atoms with Crippen molar-refractivity contribution in [2.45, 2.75) is 43.3 Å². The number of halogens is 10. The Hall–Kier alpha value is -2.84. The van der Waals surface area contributed by atoms with E-state index < -0.39 is 66.3 Å². The van der Waals surface area contributed by atoms with Crippen molar-refractivity contribution in [2.75, 3.05) is 6.61 Å². The molecular weight excluding hydrogens is 486 g/mol. The molecule has 0 aliphatic carbocycles. The zero-order chi connectivity index (χ0) is 25.9. The van der Waals surface area contributed by atoms with Crippen molar-refractivity contribution in [1.82, 2.24) is 0 Å². The Kier molecular flexibility index (Phi) is 8.17. The first-order valence-electron chi connectivity index (χ1n) is 8.48. The van der Waals surface area contributed by atoms with Gasteiger partial charge in [0.1, 0.15) is 5.75 Å². The molecule has 1 atom stereocenters. The Morgan fingerprint density at radius 2 is 1.45 bits per heavy atom. The van der Waals surface area contributed by atoms with E-state index >= 15 is 0 Å². The van der Waals surface area contributed by atoms with Crippen LogP contribution in [0.5, 0.6) is 5.75 Å². The topological polar surface area (TPSA) is 61.8 Å². The molecule has 1 rings (SSSR count). The first kappa shape index (κ1) is 28.2. The van der Waals surface area contributed by atoms with E-state index in [9.17, 15) is 53.5 Å². The summed E-state index contributed by atoms with van der Waals surface area (Å²) in [5.74, 6) is -19.8. The number of hydrogen-bond acceptors (Lipinski definition) is 5.